The van der Waals surface area contributed by atoms with Crippen molar-refractivity contribution in [3.05, 3.63) is 65.9 Å². The molecule has 1 unspecified atom stereocenters. The van der Waals surface area contributed by atoms with E-state index in [1.807, 2.05) is 61.7 Å². The highest BCUT2D eigenvalue weighted by molar-refractivity contribution is 6.14. The number of Topliss-reactive ketones (excluding diaryl/α,β-unsaturated/α-hetero) is 1. The average molecular weight is 262 g/mol. The third kappa shape index (κ3) is 1.32. The molecule has 20 heavy (non-hydrogen) atoms. The summed E-state index contributed by atoms with van der Waals surface area (Å²) in [5.74, 6) is 0.123. The van der Waals surface area contributed by atoms with Crippen molar-refractivity contribution in [1.82, 2.24) is 4.98 Å². The number of ketones is 1. The molecule has 0 aliphatic carbocycles. The number of rotatable bonds is 1. The lowest BCUT2D eigenvalue weighted by Crippen LogP contribution is -2.34. The summed E-state index contributed by atoms with van der Waals surface area (Å²) in [5, 5.41) is 4.47. The van der Waals surface area contributed by atoms with Crippen molar-refractivity contribution >= 4 is 22.4 Å². The number of fused-ring (bicyclic) bond motifs is 2. The van der Waals surface area contributed by atoms with E-state index < -0.39 is 5.54 Å². The number of aromatic amines is 1. The van der Waals surface area contributed by atoms with Gasteiger partial charge in [0.05, 0.1) is 0 Å². The molecule has 1 aliphatic rings. The molecular weight excluding hydrogens is 248 g/mol. The maximum absolute atomic E-state index is 12.8. The molecular formula is C17H14N2O. The first-order valence-corrected chi connectivity index (χ1v) is 6.69. The van der Waals surface area contributed by atoms with Gasteiger partial charge in [0, 0.05) is 33.9 Å². The van der Waals surface area contributed by atoms with Crippen LogP contribution in [0, 0.1) is 0 Å². The van der Waals surface area contributed by atoms with Crippen LogP contribution >= 0.6 is 0 Å². The molecule has 98 valence electrons. The van der Waals surface area contributed by atoms with Crippen LogP contribution in [0.5, 0.6) is 0 Å². The third-order valence-corrected chi connectivity index (χ3v) is 4.14. The minimum atomic E-state index is -0.705. The van der Waals surface area contributed by atoms with Gasteiger partial charge in [0.1, 0.15) is 5.54 Å². The summed E-state index contributed by atoms with van der Waals surface area (Å²) >= 11 is 0. The van der Waals surface area contributed by atoms with Gasteiger partial charge in [-0.25, -0.2) is 0 Å². The second-order valence-corrected chi connectivity index (χ2v) is 5.37. The van der Waals surface area contributed by atoms with E-state index in [-0.39, 0.29) is 5.78 Å². The SMILES string of the molecule is CC1(c2c[nH]c3ccccc23)Nc2ccccc2C1=O. The molecule has 0 bridgehead atoms. The zero-order chi connectivity index (χ0) is 13.7. The Morgan fingerprint density at radius 2 is 1.75 bits per heavy atom. The van der Waals surface area contributed by atoms with Crippen molar-refractivity contribution in [2.45, 2.75) is 12.5 Å². The number of para-hydroxylation sites is 2. The fraction of sp³-hybridized carbons (Fsp3) is 0.118. The van der Waals surface area contributed by atoms with E-state index in [1.165, 1.54) is 0 Å². The molecule has 1 aliphatic heterocycles. The van der Waals surface area contributed by atoms with E-state index in [0.717, 1.165) is 27.7 Å². The number of nitrogens with one attached hydrogen (secondary N) is 2. The molecule has 4 rings (SSSR count). The average Bonchev–Trinajstić information content (AvgIpc) is 3.01. The maximum Gasteiger partial charge on any atom is 0.194 e. The van der Waals surface area contributed by atoms with Gasteiger partial charge < -0.3 is 10.3 Å². The Morgan fingerprint density at radius 1 is 1.00 bits per heavy atom. The minimum absolute atomic E-state index is 0.123. The molecule has 0 amide bonds. The van der Waals surface area contributed by atoms with Crippen LogP contribution in [-0.2, 0) is 5.54 Å². The number of aromatic nitrogens is 1. The molecule has 0 spiro atoms. The number of hydrogen-bond donors (Lipinski definition) is 2. The number of hydrogen-bond acceptors (Lipinski definition) is 2. The second kappa shape index (κ2) is 3.73. The van der Waals surface area contributed by atoms with Gasteiger partial charge in [0.15, 0.2) is 5.78 Å². The fourth-order valence-electron chi connectivity index (χ4n) is 3.06. The van der Waals surface area contributed by atoms with Crippen molar-refractivity contribution in [1.29, 1.82) is 0 Å². The first kappa shape index (κ1) is 11.3. The molecule has 3 heteroatoms. The summed E-state index contributed by atoms with van der Waals surface area (Å²) in [6.45, 7) is 1.95. The first-order valence-electron chi connectivity index (χ1n) is 6.69. The van der Waals surface area contributed by atoms with Crippen molar-refractivity contribution < 1.29 is 4.79 Å². The van der Waals surface area contributed by atoms with Crippen LogP contribution in [0.15, 0.2) is 54.7 Å². The van der Waals surface area contributed by atoms with Crippen molar-refractivity contribution in [3.63, 3.8) is 0 Å². The van der Waals surface area contributed by atoms with Gasteiger partial charge in [0.25, 0.3) is 0 Å². The molecule has 2 N–H and O–H groups in total. The molecule has 1 aromatic heterocycles. The molecule has 2 heterocycles. The number of anilines is 1. The smallest absolute Gasteiger partial charge is 0.194 e. The zero-order valence-corrected chi connectivity index (χ0v) is 11.1. The molecule has 1 atom stereocenters. The Labute approximate surface area is 116 Å². The van der Waals surface area contributed by atoms with Crippen LogP contribution in [0.25, 0.3) is 10.9 Å². The normalized spacial score (nSPS) is 20.9. The summed E-state index contributed by atoms with van der Waals surface area (Å²) in [6, 6.07) is 15.7. The third-order valence-electron chi connectivity index (χ3n) is 4.14. The van der Waals surface area contributed by atoms with Crippen LogP contribution in [0.1, 0.15) is 22.8 Å². The number of carbonyl (C=O) groups is 1. The summed E-state index contributed by atoms with van der Waals surface area (Å²) in [6.07, 6.45) is 1.93. The van der Waals surface area contributed by atoms with E-state index in [0.29, 0.717) is 0 Å². The van der Waals surface area contributed by atoms with Crippen LogP contribution in [-0.4, -0.2) is 10.8 Å². The largest absolute Gasteiger partial charge is 0.368 e. The number of carbonyl (C=O) groups excluding carboxylic acids is 1. The molecule has 0 saturated carbocycles. The molecule has 0 radical (unpaired) electrons. The van der Waals surface area contributed by atoms with Crippen molar-refractivity contribution in [2.75, 3.05) is 5.32 Å². The van der Waals surface area contributed by atoms with Gasteiger partial charge in [-0.1, -0.05) is 30.3 Å². The standard InChI is InChI=1S/C17H14N2O/c1-17(13-10-18-14-8-4-2-6-11(13)14)16(20)12-7-3-5-9-15(12)19-17/h2-10,18-19H,1H3. The highest BCUT2D eigenvalue weighted by Gasteiger charge is 2.43. The van der Waals surface area contributed by atoms with Gasteiger partial charge in [-0.3, -0.25) is 4.79 Å². The van der Waals surface area contributed by atoms with Crippen LogP contribution in [0.3, 0.4) is 0 Å². The Bertz CT molecular complexity index is 834. The van der Waals surface area contributed by atoms with E-state index in [4.69, 9.17) is 0 Å². The van der Waals surface area contributed by atoms with E-state index in [2.05, 4.69) is 10.3 Å². The Balaban J connectivity index is 1.93. The van der Waals surface area contributed by atoms with Crippen LogP contribution in [0.2, 0.25) is 0 Å². The van der Waals surface area contributed by atoms with Gasteiger partial charge in [-0.15, -0.1) is 0 Å². The minimum Gasteiger partial charge on any atom is -0.368 e. The quantitative estimate of drug-likeness (QED) is 0.702. The number of benzene rings is 2. The van der Waals surface area contributed by atoms with Gasteiger partial charge in [-0.05, 0) is 25.1 Å². The zero-order valence-electron chi connectivity index (χ0n) is 11.1. The summed E-state index contributed by atoms with van der Waals surface area (Å²) in [4.78, 5) is 16.0. The Morgan fingerprint density at radius 3 is 2.60 bits per heavy atom. The van der Waals surface area contributed by atoms with Crippen LogP contribution in [0.4, 0.5) is 5.69 Å². The molecule has 0 fully saturated rings. The monoisotopic (exact) mass is 262 g/mol. The molecule has 3 aromatic rings. The number of H-pyrrole nitrogens is 1. The Kier molecular flexibility index (Phi) is 2.11. The predicted octanol–water partition coefficient (Wildman–Crippen LogP) is 3.69. The van der Waals surface area contributed by atoms with E-state index >= 15 is 0 Å². The highest BCUT2D eigenvalue weighted by Crippen LogP contribution is 2.41. The second-order valence-electron chi connectivity index (χ2n) is 5.37. The van der Waals surface area contributed by atoms with Crippen LogP contribution < -0.4 is 5.32 Å². The van der Waals surface area contributed by atoms with E-state index in [9.17, 15) is 4.79 Å². The highest BCUT2D eigenvalue weighted by atomic mass is 16.1. The lowest BCUT2D eigenvalue weighted by atomic mass is 9.87. The first-order chi connectivity index (χ1) is 9.70. The fourth-order valence-corrected chi connectivity index (χ4v) is 3.06. The van der Waals surface area contributed by atoms with Gasteiger partial charge in [-0.2, -0.15) is 0 Å². The van der Waals surface area contributed by atoms with E-state index in [1.54, 1.807) is 0 Å². The lowest BCUT2D eigenvalue weighted by molar-refractivity contribution is 0.0929. The summed E-state index contributed by atoms with van der Waals surface area (Å²) < 4.78 is 0. The Hall–Kier alpha value is -2.55. The lowest BCUT2D eigenvalue weighted by Gasteiger charge is -2.23. The maximum atomic E-state index is 12.8. The summed E-state index contributed by atoms with van der Waals surface area (Å²) in [7, 11) is 0. The summed E-state index contributed by atoms with van der Waals surface area (Å²) in [5.41, 5.74) is 3.01. The molecule has 0 saturated heterocycles. The van der Waals surface area contributed by atoms with Crippen molar-refractivity contribution in [3.8, 4) is 0 Å². The molecule has 3 nitrogen and oxygen atoms in total. The van der Waals surface area contributed by atoms with Crippen molar-refractivity contribution in [2.24, 2.45) is 0 Å². The topological polar surface area (TPSA) is 44.9 Å². The predicted molar refractivity (Wildman–Crippen MR) is 80.0 cm³/mol. The van der Waals surface area contributed by atoms with Gasteiger partial charge in [0.2, 0.25) is 0 Å². The van der Waals surface area contributed by atoms with Gasteiger partial charge >= 0.3 is 0 Å². The molecule has 2 aromatic carbocycles.